The quantitative estimate of drug-likeness (QED) is 0.765. The average molecular weight is 304 g/mol. The van der Waals surface area contributed by atoms with Gasteiger partial charge in [-0.05, 0) is 55.4 Å². The van der Waals surface area contributed by atoms with E-state index in [9.17, 15) is 14.7 Å². The monoisotopic (exact) mass is 304 g/mol. The summed E-state index contributed by atoms with van der Waals surface area (Å²) in [5.41, 5.74) is 0.899. The van der Waals surface area contributed by atoms with Gasteiger partial charge in [-0.25, -0.2) is 20.0 Å². The number of aliphatic hydroxyl groups excluding tert-OH is 1. The Morgan fingerprint density at radius 2 is 1.43 bits per heavy atom. The van der Waals surface area contributed by atoms with Gasteiger partial charge in [0.15, 0.2) is 0 Å². The maximum absolute atomic E-state index is 12.1. The molecule has 0 heterocycles. The van der Waals surface area contributed by atoms with E-state index in [1.54, 1.807) is 48.5 Å². The van der Waals surface area contributed by atoms with E-state index in [-0.39, 0.29) is 0 Å². The third kappa shape index (κ3) is 8.39. The minimum atomic E-state index is -0.854. The highest BCUT2D eigenvalue weighted by molar-refractivity contribution is 5.74. The van der Waals surface area contributed by atoms with Gasteiger partial charge in [0.2, 0.25) is 0 Å². The lowest BCUT2D eigenvalue weighted by Crippen LogP contribution is -2.56. The summed E-state index contributed by atoms with van der Waals surface area (Å²) in [6, 6.07) is -0.674. The van der Waals surface area contributed by atoms with Gasteiger partial charge in [0, 0.05) is 0 Å². The SMILES string of the molecule is CC(O)C(C)N(NC(=O)OC(C)(C)C)C(=O)OC(C)(C)C. The fraction of sp³-hybridized carbons (Fsp3) is 0.857. The van der Waals surface area contributed by atoms with Crippen molar-refractivity contribution in [1.29, 1.82) is 0 Å². The predicted molar refractivity (Wildman–Crippen MR) is 78.6 cm³/mol. The van der Waals surface area contributed by atoms with Crippen LogP contribution in [0.25, 0.3) is 0 Å². The zero-order valence-electron chi connectivity index (χ0n) is 14.2. The number of hydrazine groups is 1. The van der Waals surface area contributed by atoms with Crippen molar-refractivity contribution in [2.75, 3.05) is 0 Å². The van der Waals surface area contributed by atoms with E-state index in [4.69, 9.17) is 9.47 Å². The molecule has 2 amide bonds. The van der Waals surface area contributed by atoms with E-state index >= 15 is 0 Å². The van der Waals surface area contributed by atoms with Crippen molar-refractivity contribution in [3.63, 3.8) is 0 Å². The molecular weight excluding hydrogens is 276 g/mol. The first kappa shape index (κ1) is 19.5. The Hall–Kier alpha value is -1.50. The Labute approximate surface area is 126 Å². The maximum Gasteiger partial charge on any atom is 0.429 e. The van der Waals surface area contributed by atoms with Crippen molar-refractivity contribution in [2.24, 2.45) is 0 Å². The molecule has 7 heteroatoms. The summed E-state index contributed by atoms with van der Waals surface area (Å²) < 4.78 is 10.3. The van der Waals surface area contributed by atoms with Gasteiger partial charge in [-0.1, -0.05) is 0 Å². The molecule has 0 fully saturated rings. The molecule has 0 aliphatic carbocycles. The Morgan fingerprint density at radius 3 is 1.76 bits per heavy atom. The Balaban J connectivity index is 5.00. The standard InChI is InChI=1S/C14H28N2O5/c1-9(10(2)17)16(12(19)21-14(6,7)8)15-11(18)20-13(3,4)5/h9-10,17H,1-8H3,(H,15,18). The number of hydrogen-bond acceptors (Lipinski definition) is 5. The molecule has 0 saturated heterocycles. The number of nitrogens with one attached hydrogen (secondary N) is 1. The zero-order chi connectivity index (χ0) is 17.0. The van der Waals surface area contributed by atoms with E-state index in [1.165, 1.54) is 6.92 Å². The Morgan fingerprint density at radius 1 is 1.00 bits per heavy atom. The smallest absolute Gasteiger partial charge is 0.429 e. The molecule has 21 heavy (non-hydrogen) atoms. The van der Waals surface area contributed by atoms with Gasteiger partial charge in [0.05, 0.1) is 12.1 Å². The lowest BCUT2D eigenvalue weighted by molar-refractivity contribution is -0.0243. The predicted octanol–water partition coefficient (Wildman–Crippen LogP) is 2.43. The van der Waals surface area contributed by atoms with E-state index in [0.29, 0.717) is 0 Å². The van der Waals surface area contributed by atoms with Crippen LogP contribution in [0.4, 0.5) is 9.59 Å². The minimum Gasteiger partial charge on any atom is -0.443 e. The number of rotatable bonds is 2. The van der Waals surface area contributed by atoms with Crippen LogP contribution in [0.5, 0.6) is 0 Å². The molecule has 0 spiro atoms. The van der Waals surface area contributed by atoms with Crippen molar-refractivity contribution in [3.8, 4) is 0 Å². The summed E-state index contributed by atoms with van der Waals surface area (Å²) in [6.07, 6.45) is -2.41. The number of carbonyl (C=O) groups is 2. The normalized spacial score (nSPS) is 14.9. The summed E-state index contributed by atoms with van der Waals surface area (Å²) >= 11 is 0. The first-order valence-electron chi connectivity index (χ1n) is 6.93. The molecule has 2 unspecified atom stereocenters. The molecule has 0 aromatic carbocycles. The van der Waals surface area contributed by atoms with Crippen LogP contribution in [-0.2, 0) is 9.47 Å². The molecule has 0 rings (SSSR count). The molecule has 0 saturated carbocycles. The Bertz CT molecular complexity index is 369. The summed E-state index contributed by atoms with van der Waals surface area (Å²) in [6.45, 7) is 13.4. The summed E-state index contributed by atoms with van der Waals surface area (Å²) in [7, 11) is 0. The minimum absolute atomic E-state index is 0.674. The third-order valence-electron chi connectivity index (χ3n) is 2.31. The second kappa shape index (κ2) is 6.98. The van der Waals surface area contributed by atoms with E-state index < -0.39 is 35.5 Å². The average Bonchev–Trinajstić information content (AvgIpc) is 2.19. The van der Waals surface area contributed by atoms with Crippen LogP contribution in [0, 0.1) is 0 Å². The molecular formula is C14H28N2O5. The summed E-state index contributed by atoms with van der Waals surface area (Å²) in [5, 5.41) is 10.6. The van der Waals surface area contributed by atoms with Gasteiger partial charge in [0.25, 0.3) is 0 Å². The lowest BCUT2D eigenvalue weighted by Gasteiger charge is -2.33. The van der Waals surface area contributed by atoms with Gasteiger partial charge in [-0.3, -0.25) is 0 Å². The largest absolute Gasteiger partial charge is 0.443 e. The van der Waals surface area contributed by atoms with Gasteiger partial charge < -0.3 is 14.6 Å². The number of hydrogen-bond donors (Lipinski definition) is 2. The summed E-state index contributed by atoms with van der Waals surface area (Å²) in [5.74, 6) is 0. The van der Waals surface area contributed by atoms with Crippen LogP contribution < -0.4 is 5.43 Å². The van der Waals surface area contributed by atoms with E-state index in [0.717, 1.165) is 5.01 Å². The van der Waals surface area contributed by atoms with Crippen molar-refractivity contribution < 1.29 is 24.2 Å². The van der Waals surface area contributed by atoms with Crippen LogP contribution in [0.15, 0.2) is 0 Å². The highest BCUT2D eigenvalue weighted by atomic mass is 16.6. The number of carbonyl (C=O) groups excluding carboxylic acids is 2. The molecule has 0 aromatic heterocycles. The first-order chi connectivity index (χ1) is 9.23. The number of amides is 2. The molecule has 0 aliphatic rings. The molecule has 0 radical (unpaired) electrons. The van der Waals surface area contributed by atoms with Crippen molar-refractivity contribution in [3.05, 3.63) is 0 Å². The molecule has 124 valence electrons. The molecule has 0 bridgehead atoms. The summed E-state index contributed by atoms with van der Waals surface area (Å²) in [4.78, 5) is 23.9. The van der Waals surface area contributed by atoms with Crippen LogP contribution >= 0.6 is 0 Å². The second-order valence-corrected chi connectivity index (χ2v) is 6.95. The third-order valence-corrected chi connectivity index (χ3v) is 2.31. The van der Waals surface area contributed by atoms with Crippen LogP contribution in [-0.4, -0.2) is 45.6 Å². The Kier molecular flexibility index (Phi) is 6.48. The van der Waals surface area contributed by atoms with Crippen molar-refractivity contribution in [2.45, 2.75) is 78.7 Å². The van der Waals surface area contributed by atoms with Crippen LogP contribution in [0.3, 0.4) is 0 Å². The molecule has 2 N–H and O–H groups in total. The fourth-order valence-corrected chi connectivity index (χ4v) is 1.24. The van der Waals surface area contributed by atoms with Gasteiger partial charge in [0.1, 0.15) is 11.2 Å². The van der Waals surface area contributed by atoms with Gasteiger partial charge >= 0.3 is 12.2 Å². The van der Waals surface area contributed by atoms with Crippen molar-refractivity contribution >= 4 is 12.2 Å². The first-order valence-corrected chi connectivity index (χ1v) is 6.93. The number of nitrogens with zero attached hydrogens (tertiary/aromatic N) is 1. The number of ether oxygens (including phenoxy) is 2. The molecule has 2 atom stereocenters. The highest BCUT2D eigenvalue weighted by Crippen LogP contribution is 2.13. The van der Waals surface area contributed by atoms with Gasteiger partial charge in [-0.2, -0.15) is 0 Å². The van der Waals surface area contributed by atoms with Gasteiger partial charge in [-0.15, -0.1) is 0 Å². The van der Waals surface area contributed by atoms with Crippen molar-refractivity contribution in [1.82, 2.24) is 10.4 Å². The zero-order valence-corrected chi connectivity index (χ0v) is 14.2. The fourth-order valence-electron chi connectivity index (χ4n) is 1.24. The second-order valence-electron chi connectivity index (χ2n) is 6.95. The number of aliphatic hydroxyl groups is 1. The van der Waals surface area contributed by atoms with Crippen LogP contribution in [0.2, 0.25) is 0 Å². The molecule has 7 nitrogen and oxygen atoms in total. The topological polar surface area (TPSA) is 88.1 Å². The lowest BCUT2D eigenvalue weighted by atomic mass is 10.2. The highest BCUT2D eigenvalue weighted by Gasteiger charge is 2.31. The molecule has 0 aromatic rings. The maximum atomic E-state index is 12.1. The van der Waals surface area contributed by atoms with E-state index in [2.05, 4.69) is 5.43 Å². The van der Waals surface area contributed by atoms with E-state index in [1.807, 2.05) is 0 Å². The molecule has 0 aliphatic heterocycles. The van der Waals surface area contributed by atoms with Crippen LogP contribution in [0.1, 0.15) is 55.4 Å².